The Balaban J connectivity index is 0.000000159. The van der Waals surface area contributed by atoms with Crippen molar-refractivity contribution in [1.29, 1.82) is 0 Å². The van der Waals surface area contributed by atoms with Gasteiger partial charge in [0.2, 0.25) is 0 Å². The molecule has 1 spiro atoms. The zero-order valence-electron chi connectivity index (χ0n) is 13.7. The molecule has 112 valence electrons. The topological polar surface area (TPSA) is 0 Å². The van der Waals surface area contributed by atoms with E-state index in [-0.39, 0.29) is 0 Å². The van der Waals surface area contributed by atoms with E-state index in [2.05, 4.69) is 20.8 Å². The summed E-state index contributed by atoms with van der Waals surface area (Å²) in [4.78, 5) is 0. The van der Waals surface area contributed by atoms with Crippen molar-refractivity contribution in [2.24, 2.45) is 23.2 Å². The maximum absolute atomic E-state index is 2.41. The Morgan fingerprint density at radius 2 is 1.32 bits per heavy atom. The first-order valence-electron chi connectivity index (χ1n) is 9.19. The summed E-state index contributed by atoms with van der Waals surface area (Å²) < 4.78 is 0. The molecule has 0 saturated heterocycles. The highest BCUT2D eigenvalue weighted by Gasteiger charge is 2.41. The Kier molecular flexibility index (Phi) is 5.78. The molecule has 3 rings (SSSR count). The summed E-state index contributed by atoms with van der Waals surface area (Å²) in [7, 11) is 0. The molecule has 0 aliphatic heterocycles. The van der Waals surface area contributed by atoms with Crippen LogP contribution in [0.1, 0.15) is 97.8 Å². The maximum atomic E-state index is 2.41. The highest BCUT2D eigenvalue weighted by atomic mass is 14.5. The molecule has 3 saturated carbocycles. The van der Waals surface area contributed by atoms with Crippen molar-refractivity contribution in [1.82, 2.24) is 0 Å². The Morgan fingerprint density at radius 1 is 0.842 bits per heavy atom. The maximum Gasteiger partial charge on any atom is -0.0297 e. The summed E-state index contributed by atoms with van der Waals surface area (Å²) in [6.45, 7) is 7.11. The molecule has 0 amide bonds. The third kappa shape index (κ3) is 3.99. The zero-order valence-corrected chi connectivity index (χ0v) is 13.7. The van der Waals surface area contributed by atoms with Gasteiger partial charge in [-0.25, -0.2) is 0 Å². The van der Waals surface area contributed by atoms with Gasteiger partial charge in [0.1, 0.15) is 0 Å². The third-order valence-electron chi connectivity index (χ3n) is 6.60. The summed E-state index contributed by atoms with van der Waals surface area (Å²) in [5.74, 6) is 3.10. The molecule has 0 N–H and O–H groups in total. The van der Waals surface area contributed by atoms with Gasteiger partial charge in [0.05, 0.1) is 0 Å². The van der Waals surface area contributed by atoms with E-state index in [0.29, 0.717) is 0 Å². The van der Waals surface area contributed by atoms with Gasteiger partial charge < -0.3 is 0 Å². The molecule has 0 heteroatoms. The van der Waals surface area contributed by atoms with Crippen molar-refractivity contribution in [2.45, 2.75) is 97.8 Å². The SMILES string of the molecule is C1CC2(C1)CCC2.CCC(CC)C1CCC(C)CC1. The van der Waals surface area contributed by atoms with Crippen molar-refractivity contribution in [3.63, 3.8) is 0 Å². The van der Waals surface area contributed by atoms with E-state index in [1.54, 1.807) is 25.7 Å². The average Bonchev–Trinajstić information content (AvgIpc) is 2.30. The predicted molar refractivity (Wildman–Crippen MR) is 85.3 cm³/mol. The largest absolute Gasteiger partial charge is 0.0651 e. The molecule has 0 nitrogen and oxygen atoms in total. The van der Waals surface area contributed by atoms with Crippen LogP contribution in [0, 0.1) is 23.2 Å². The molecule has 0 atom stereocenters. The van der Waals surface area contributed by atoms with Gasteiger partial charge in [-0.1, -0.05) is 59.3 Å². The van der Waals surface area contributed by atoms with Crippen molar-refractivity contribution in [3.8, 4) is 0 Å². The van der Waals surface area contributed by atoms with Crippen LogP contribution < -0.4 is 0 Å². The van der Waals surface area contributed by atoms with E-state index < -0.39 is 0 Å². The second-order valence-electron chi connectivity index (χ2n) is 7.80. The van der Waals surface area contributed by atoms with E-state index >= 15 is 0 Å². The molecule has 3 aliphatic rings. The number of rotatable bonds is 3. The van der Waals surface area contributed by atoms with Crippen LogP contribution in [0.4, 0.5) is 0 Å². The van der Waals surface area contributed by atoms with Gasteiger partial charge >= 0.3 is 0 Å². The standard InChI is InChI=1S/C12H24.C7H12/c1-4-11(5-2)12-8-6-10(3)7-9-12;1-3-7(4-1)5-2-6-7/h10-12H,4-9H2,1-3H3;1-6H2. The van der Waals surface area contributed by atoms with Crippen LogP contribution in [0.2, 0.25) is 0 Å². The van der Waals surface area contributed by atoms with Crippen LogP contribution in [-0.2, 0) is 0 Å². The van der Waals surface area contributed by atoms with Crippen LogP contribution >= 0.6 is 0 Å². The van der Waals surface area contributed by atoms with Crippen molar-refractivity contribution >= 4 is 0 Å². The lowest BCUT2D eigenvalue weighted by Gasteiger charge is -2.49. The van der Waals surface area contributed by atoms with Crippen LogP contribution in [0.3, 0.4) is 0 Å². The molecular weight excluding hydrogens is 228 g/mol. The normalized spacial score (nSPS) is 32.2. The minimum absolute atomic E-state index is 0.944. The van der Waals surface area contributed by atoms with Gasteiger partial charge in [-0.05, 0) is 61.7 Å². The lowest BCUT2D eigenvalue weighted by Crippen LogP contribution is -2.35. The lowest BCUT2D eigenvalue weighted by molar-refractivity contribution is 0.0314. The molecule has 0 bridgehead atoms. The second-order valence-corrected chi connectivity index (χ2v) is 7.80. The first-order valence-corrected chi connectivity index (χ1v) is 9.19. The molecule has 0 unspecified atom stereocenters. The van der Waals surface area contributed by atoms with Gasteiger partial charge in [0.25, 0.3) is 0 Å². The second kappa shape index (κ2) is 7.14. The quantitative estimate of drug-likeness (QED) is 0.539. The fourth-order valence-corrected chi connectivity index (χ4v) is 4.57. The molecule has 3 aliphatic carbocycles. The van der Waals surface area contributed by atoms with Crippen LogP contribution in [-0.4, -0.2) is 0 Å². The summed E-state index contributed by atoms with van der Waals surface area (Å²) in [5, 5.41) is 0. The van der Waals surface area contributed by atoms with Crippen LogP contribution in [0.5, 0.6) is 0 Å². The van der Waals surface area contributed by atoms with E-state index in [9.17, 15) is 0 Å². The van der Waals surface area contributed by atoms with Crippen molar-refractivity contribution < 1.29 is 0 Å². The van der Waals surface area contributed by atoms with E-state index in [1.165, 1.54) is 51.4 Å². The third-order valence-corrected chi connectivity index (χ3v) is 6.60. The van der Waals surface area contributed by atoms with Gasteiger partial charge in [-0.3, -0.25) is 0 Å². The molecule has 3 fully saturated rings. The fraction of sp³-hybridized carbons (Fsp3) is 1.00. The molecule has 0 aromatic rings. The number of hydrogen-bond acceptors (Lipinski definition) is 0. The summed E-state index contributed by atoms with van der Waals surface area (Å²) >= 11 is 0. The minimum atomic E-state index is 0.944. The Morgan fingerprint density at radius 3 is 1.58 bits per heavy atom. The lowest BCUT2D eigenvalue weighted by atomic mass is 9.56. The fourth-order valence-electron chi connectivity index (χ4n) is 4.57. The van der Waals surface area contributed by atoms with Crippen molar-refractivity contribution in [3.05, 3.63) is 0 Å². The highest BCUT2D eigenvalue weighted by Crippen LogP contribution is 2.55. The smallest absolute Gasteiger partial charge is 0.0297 e. The van der Waals surface area contributed by atoms with E-state index in [0.717, 1.165) is 23.2 Å². The van der Waals surface area contributed by atoms with Crippen LogP contribution in [0.15, 0.2) is 0 Å². The Bertz CT molecular complexity index is 219. The van der Waals surface area contributed by atoms with Crippen molar-refractivity contribution in [2.75, 3.05) is 0 Å². The van der Waals surface area contributed by atoms with Gasteiger partial charge in [-0.2, -0.15) is 0 Å². The summed E-state index contributed by atoms with van der Waals surface area (Å²) in [6.07, 6.45) is 18.1. The summed E-state index contributed by atoms with van der Waals surface area (Å²) in [5.41, 5.74) is 0.944. The van der Waals surface area contributed by atoms with Gasteiger partial charge in [0.15, 0.2) is 0 Å². The summed E-state index contributed by atoms with van der Waals surface area (Å²) in [6, 6.07) is 0. The molecule has 0 aromatic heterocycles. The molecule has 0 aromatic carbocycles. The molecular formula is C19H36. The molecule has 19 heavy (non-hydrogen) atoms. The zero-order chi connectivity index (χ0) is 13.7. The van der Waals surface area contributed by atoms with Crippen LogP contribution in [0.25, 0.3) is 0 Å². The van der Waals surface area contributed by atoms with E-state index in [4.69, 9.17) is 0 Å². The first kappa shape index (κ1) is 15.4. The first-order chi connectivity index (χ1) is 9.19. The Labute approximate surface area is 121 Å². The monoisotopic (exact) mass is 264 g/mol. The minimum Gasteiger partial charge on any atom is -0.0651 e. The van der Waals surface area contributed by atoms with E-state index in [1.807, 2.05) is 0 Å². The highest BCUT2D eigenvalue weighted by molar-refractivity contribution is 4.93. The van der Waals surface area contributed by atoms with Gasteiger partial charge in [0, 0.05) is 0 Å². The average molecular weight is 264 g/mol. The van der Waals surface area contributed by atoms with Gasteiger partial charge in [-0.15, -0.1) is 0 Å². The molecule has 0 heterocycles. The number of hydrogen-bond donors (Lipinski definition) is 0. The Hall–Kier alpha value is 0. The molecule has 0 radical (unpaired) electrons. The predicted octanol–water partition coefficient (Wildman–Crippen LogP) is 6.59.